The first kappa shape index (κ1) is 16.1. The van der Waals surface area contributed by atoms with Crippen molar-refractivity contribution in [2.75, 3.05) is 27.4 Å². The number of nitrogens with one attached hydrogen (secondary N) is 1. The number of hydrogen-bond donors (Lipinski definition) is 1. The Labute approximate surface area is 127 Å². The Balaban J connectivity index is 2.33. The third-order valence-electron chi connectivity index (χ3n) is 4.26. The van der Waals surface area contributed by atoms with E-state index in [-0.39, 0.29) is 11.6 Å². The summed E-state index contributed by atoms with van der Waals surface area (Å²) in [5.41, 5.74) is 1.01. The summed E-state index contributed by atoms with van der Waals surface area (Å²) in [6.45, 7) is 6.07. The summed E-state index contributed by atoms with van der Waals surface area (Å²) < 4.78 is 16.9. The molecule has 1 N–H and O–H groups in total. The fourth-order valence-electron chi connectivity index (χ4n) is 3.11. The smallest absolute Gasteiger partial charge is 0.161 e. The lowest BCUT2D eigenvalue weighted by Gasteiger charge is -2.41. The Morgan fingerprint density at radius 3 is 2.57 bits per heavy atom. The summed E-state index contributed by atoms with van der Waals surface area (Å²) in [4.78, 5) is 0. The van der Waals surface area contributed by atoms with E-state index in [1.807, 2.05) is 6.07 Å². The second kappa shape index (κ2) is 7.14. The summed E-state index contributed by atoms with van der Waals surface area (Å²) in [5, 5.41) is 3.58. The number of rotatable bonds is 6. The van der Waals surface area contributed by atoms with Gasteiger partial charge in [0.2, 0.25) is 0 Å². The Morgan fingerprint density at radius 2 is 2.00 bits per heavy atom. The first-order valence-corrected chi connectivity index (χ1v) is 7.74. The van der Waals surface area contributed by atoms with Crippen LogP contribution in [0.25, 0.3) is 0 Å². The van der Waals surface area contributed by atoms with Gasteiger partial charge in [0, 0.05) is 6.61 Å². The predicted octanol–water partition coefficient (Wildman–Crippen LogP) is 3.31. The first-order chi connectivity index (χ1) is 10.1. The van der Waals surface area contributed by atoms with Gasteiger partial charge in [0.25, 0.3) is 0 Å². The predicted molar refractivity (Wildman–Crippen MR) is 84.2 cm³/mol. The zero-order chi connectivity index (χ0) is 15.3. The molecule has 2 rings (SSSR count). The van der Waals surface area contributed by atoms with Crippen LogP contribution in [-0.4, -0.2) is 33.0 Å². The van der Waals surface area contributed by atoms with Crippen molar-refractivity contribution in [1.29, 1.82) is 0 Å². The lowest BCUT2D eigenvalue weighted by Crippen LogP contribution is -2.45. The molecule has 1 aromatic rings. The van der Waals surface area contributed by atoms with E-state index in [0.29, 0.717) is 0 Å². The van der Waals surface area contributed by atoms with Gasteiger partial charge >= 0.3 is 0 Å². The third kappa shape index (κ3) is 3.50. The maximum Gasteiger partial charge on any atom is 0.161 e. The Morgan fingerprint density at radius 1 is 1.24 bits per heavy atom. The summed E-state index contributed by atoms with van der Waals surface area (Å²) in [6, 6.07) is 6.26. The van der Waals surface area contributed by atoms with Crippen LogP contribution >= 0.6 is 0 Å². The zero-order valence-corrected chi connectivity index (χ0v) is 13.6. The van der Waals surface area contributed by atoms with Crippen molar-refractivity contribution in [3.05, 3.63) is 23.8 Å². The standard InChI is InChI=1S/C17H27NO3/c1-5-18-16(17(2)10-6-7-11-21-17)13-8-9-14(19-3)15(12-13)20-4/h8-9,12,16,18H,5-7,10-11H2,1-4H3. The van der Waals surface area contributed by atoms with E-state index in [2.05, 4.69) is 31.3 Å². The molecule has 1 aliphatic rings. The van der Waals surface area contributed by atoms with Gasteiger partial charge in [0.15, 0.2) is 11.5 Å². The van der Waals surface area contributed by atoms with Crippen molar-refractivity contribution in [2.24, 2.45) is 0 Å². The number of ether oxygens (including phenoxy) is 3. The minimum absolute atomic E-state index is 0.155. The molecule has 0 amide bonds. The highest BCUT2D eigenvalue weighted by molar-refractivity contribution is 5.44. The largest absolute Gasteiger partial charge is 0.493 e. The van der Waals surface area contributed by atoms with Crippen LogP contribution in [0.4, 0.5) is 0 Å². The summed E-state index contributed by atoms with van der Waals surface area (Å²) in [5.74, 6) is 1.52. The van der Waals surface area contributed by atoms with E-state index >= 15 is 0 Å². The molecule has 21 heavy (non-hydrogen) atoms. The molecule has 1 aromatic carbocycles. The zero-order valence-electron chi connectivity index (χ0n) is 13.6. The number of methoxy groups -OCH3 is 2. The molecule has 1 heterocycles. The second-order valence-electron chi connectivity index (χ2n) is 5.72. The molecule has 0 saturated carbocycles. The van der Waals surface area contributed by atoms with Crippen molar-refractivity contribution in [3.63, 3.8) is 0 Å². The molecule has 0 bridgehead atoms. The molecule has 2 unspecified atom stereocenters. The number of hydrogen-bond acceptors (Lipinski definition) is 4. The van der Waals surface area contributed by atoms with Crippen LogP contribution in [0.1, 0.15) is 44.7 Å². The Kier molecular flexibility index (Phi) is 5.48. The summed E-state index contributed by atoms with van der Waals surface area (Å²) in [6.07, 6.45) is 3.44. The Bertz CT molecular complexity index is 455. The normalized spacial score (nSPS) is 23.6. The maximum absolute atomic E-state index is 6.13. The molecule has 1 aliphatic heterocycles. The average Bonchev–Trinajstić information content (AvgIpc) is 2.52. The molecule has 0 aromatic heterocycles. The van der Waals surface area contributed by atoms with Gasteiger partial charge < -0.3 is 19.5 Å². The van der Waals surface area contributed by atoms with Crippen LogP contribution in [0, 0.1) is 0 Å². The molecule has 4 heteroatoms. The van der Waals surface area contributed by atoms with Crippen molar-refractivity contribution in [1.82, 2.24) is 5.32 Å². The van der Waals surface area contributed by atoms with Crippen molar-refractivity contribution < 1.29 is 14.2 Å². The van der Waals surface area contributed by atoms with Crippen molar-refractivity contribution >= 4 is 0 Å². The van der Waals surface area contributed by atoms with Crippen molar-refractivity contribution in [3.8, 4) is 11.5 Å². The third-order valence-corrected chi connectivity index (χ3v) is 4.26. The van der Waals surface area contributed by atoms with E-state index in [0.717, 1.165) is 37.5 Å². The molecule has 0 radical (unpaired) electrons. The van der Waals surface area contributed by atoms with Gasteiger partial charge in [-0.05, 0) is 50.4 Å². The second-order valence-corrected chi connectivity index (χ2v) is 5.72. The molecular weight excluding hydrogens is 266 g/mol. The highest BCUT2D eigenvalue weighted by Crippen LogP contribution is 2.39. The topological polar surface area (TPSA) is 39.7 Å². The molecule has 1 fully saturated rings. The highest BCUT2D eigenvalue weighted by Gasteiger charge is 2.37. The molecule has 2 atom stereocenters. The monoisotopic (exact) mass is 293 g/mol. The SMILES string of the molecule is CCNC(c1ccc(OC)c(OC)c1)C1(C)CCCCO1. The van der Waals surface area contributed by atoms with Gasteiger partial charge in [-0.3, -0.25) is 0 Å². The number of likely N-dealkylation sites (N-methyl/N-ethyl adjacent to an activating group) is 1. The highest BCUT2D eigenvalue weighted by atomic mass is 16.5. The van der Waals surface area contributed by atoms with Crippen LogP contribution in [-0.2, 0) is 4.74 Å². The van der Waals surface area contributed by atoms with Crippen molar-refractivity contribution in [2.45, 2.75) is 44.8 Å². The summed E-state index contributed by atoms with van der Waals surface area (Å²) >= 11 is 0. The molecule has 1 saturated heterocycles. The van der Waals surface area contributed by atoms with E-state index in [9.17, 15) is 0 Å². The van der Waals surface area contributed by atoms with Gasteiger partial charge in [-0.1, -0.05) is 13.0 Å². The maximum atomic E-state index is 6.13. The minimum Gasteiger partial charge on any atom is -0.493 e. The molecule has 0 spiro atoms. The fraction of sp³-hybridized carbons (Fsp3) is 0.647. The average molecular weight is 293 g/mol. The molecule has 0 aliphatic carbocycles. The minimum atomic E-state index is -0.173. The van der Waals surface area contributed by atoms with E-state index in [4.69, 9.17) is 14.2 Å². The van der Waals surface area contributed by atoms with Crippen LogP contribution in [0.2, 0.25) is 0 Å². The Hall–Kier alpha value is -1.26. The fourth-order valence-corrected chi connectivity index (χ4v) is 3.11. The van der Waals surface area contributed by atoms with E-state index < -0.39 is 0 Å². The molecule has 118 valence electrons. The first-order valence-electron chi connectivity index (χ1n) is 7.74. The van der Waals surface area contributed by atoms with Crippen LogP contribution in [0.5, 0.6) is 11.5 Å². The van der Waals surface area contributed by atoms with Gasteiger partial charge in [0.1, 0.15) is 0 Å². The van der Waals surface area contributed by atoms with Gasteiger partial charge in [-0.15, -0.1) is 0 Å². The summed E-state index contributed by atoms with van der Waals surface area (Å²) in [7, 11) is 3.33. The van der Waals surface area contributed by atoms with E-state index in [1.54, 1.807) is 14.2 Å². The molecular formula is C17H27NO3. The van der Waals surface area contributed by atoms with Crippen LogP contribution in [0.15, 0.2) is 18.2 Å². The lowest BCUT2D eigenvalue weighted by molar-refractivity contribution is -0.0895. The molecule has 4 nitrogen and oxygen atoms in total. The van der Waals surface area contributed by atoms with Gasteiger partial charge in [-0.25, -0.2) is 0 Å². The van der Waals surface area contributed by atoms with E-state index in [1.165, 1.54) is 12.0 Å². The lowest BCUT2D eigenvalue weighted by atomic mass is 9.84. The van der Waals surface area contributed by atoms with Crippen LogP contribution in [0.3, 0.4) is 0 Å². The quantitative estimate of drug-likeness (QED) is 0.873. The van der Waals surface area contributed by atoms with Gasteiger partial charge in [0.05, 0.1) is 25.9 Å². The van der Waals surface area contributed by atoms with Crippen LogP contribution < -0.4 is 14.8 Å². The number of benzene rings is 1. The van der Waals surface area contributed by atoms with Gasteiger partial charge in [-0.2, -0.15) is 0 Å².